The second-order valence-corrected chi connectivity index (χ2v) is 6.56. The quantitative estimate of drug-likeness (QED) is 0.616. The summed E-state index contributed by atoms with van der Waals surface area (Å²) in [5.74, 6) is 1.26. The van der Waals surface area contributed by atoms with Crippen LogP contribution in [-0.4, -0.2) is 24.0 Å². The van der Waals surface area contributed by atoms with Crippen molar-refractivity contribution in [3.63, 3.8) is 0 Å². The highest BCUT2D eigenvalue weighted by molar-refractivity contribution is 5.95. The minimum Gasteiger partial charge on any atom is -0.454 e. The third kappa shape index (κ3) is 5.48. The molecule has 2 N–H and O–H groups in total. The number of benzene rings is 2. The molecule has 0 radical (unpaired) electrons. The van der Waals surface area contributed by atoms with Crippen molar-refractivity contribution in [1.29, 1.82) is 0 Å². The van der Waals surface area contributed by atoms with E-state index >= 15 is 0 Å². The first-order valence-corrected chi connectivity index (χ1v) is 9.05. The van der Waals surface area contributed by atoms with E-state index in [0.717, 1.165) is 6.54 Å². The Morgan fingerprint density at radius 1 is 0.966 bits per heavy atom. The monoisotopic (exact) mass is 431 g/mol. The molecule has 1 aliphatic rings. The van der Waals surface area contributed by atoms with Crippen molar-refractivity contribution in [2.45, 2.75) is 5.92 Å². The van der Waals surface area contributed by atoms with Gasteiger partial charge in [0, 0.05) is 25.2 Å². The van der Waals surface area contributed by atoms with Crippen LogP contribution in [0.1, 0.15) is 11.5 Å². The predicted molar refractivity (Wildman–Crippen MR) is 119 cm³/mol. The molecule has 2 atom stereocenters. The summed E-state index contributed by atoms with van der Waals surface area (Å²) in [5.41, 5.74) is 1.84. The van der Waals surface area contributed by atoms with Gasteiger partial charge in [-0.25, -0.2) is 0 Å². The topological polar surface area (TPSA) is 63.2 Å². The Bertz CT molecular complexity index is 910. The van der Waals surface area contributed by atoms with E-state index in [9.17, 15) is 4.79 Å². The second-order valence-electron chi connectivity index (χ2n) is 6.56. The first kappa shape index (κ1) is 22.7. The van der Waals surface area contributed by atoms with Crippen molar-refractivity contribution in [3.8, 4) is 11.5 Å². The van der Waals surface area contributed by atoms with Crippen molar-refractivity contribution in [3.05, 3.63) is 84.7 Å². The molecule has 0 bridgehead atoms. The van der Waals surface area contributed by atoms with E-state index in [1.54, 1.807) is 12.4 Å². The third-order valence-corrected chi connectivity index (χ3v) is 4.79. The summed E-state index contributed by atoms with van der Waals surface area (Å²) < 4.78 is 5.89. The number of aromatic nitrogens is 1. The van der Waals surface area contributed by atoms with Gasteiger partial charge in [-0.3, -0.25) is 9.78 Å². The van der Waals surface area contributed by atoms with Gasteiger partial charge in [-0.2, -0.15) is 0 Å². The van der Waals surface area contributed by atoms with Crippen LogP contribution in [0.5, 0.6) is 11.5 Å². The molecule has 3 aromatic rings. The number of hydrogen-bond donors (Lipinski definition) is 2. The van der Waals surface area contributed by atoms with Gasteiger partial charge >= 0.3 is 0 Å². The van der Waals surface area contributed by atoms with E-state index in [1.807, 2.05) is 54.6 Å². The molecule has 1 fully saturated rings. The van der Waals surface area contributed by atoms with Crippen molar-refractivity contribution >= 4 is 36.4 Å². The predicted octanol–water partition coefficient (Wildman–Crippen LogP) is 4.66. The number of anilines is 1. The maximum absolute atomic E-state index is 13.0. The number of nitrogens with one attached hydrogen (secondary N) is 2. The highest BCUT2D eigenvalue weighted by atomic mass is 35.5. The van der Waals surface area contributed by atoms with E-state index in [4.69, 9.17) is 4.74 Å². The van der Waals surface area contributed by atoms with E-state index < -0.39 is 0 Å². The van der Waals surface area contributed by atoms with E-state index in [2.05, 4.69) is 27.8 Å². The molecule has 29 heavy (non-hydrogen) atoms. The van der Waals surface area contributed by atoms with Gasteiger partial charge < -0.3 is 15.4 Å². The Labute approximate surface area is 182 Å². The van der Waals surface area contributed by atoms with Crippen molar-refractivity contribution in [2.24, 2.45) is 5.92 Å². The Balaban J connectivity index is 0.00000150. The lowest BCUT2D eigenvalue weighted by molar-refractivity contribution is -0.119. The van der Waals surface area contributed by atoms with Crippen molar-refractivity contribution < 1.29 is 9.53 Å². The Kier molecular flexibility index (Phi) is 8.46. The zero-order valence-electron chi connectivity index (χ0n) is 15.7. The molecule has 152 valence electrons. The van der Waals surface area contributed by atoms with Crippen LogP contribution in [0.25, 0.3) is 0 Å². The largest absolute Gasteiger partial charge is 0.454 e. The van der Waals surface area contributed by atoms with Gasteiger partial charge in [0.2, 0.25) is 5.91 Å². The van der Waals surface area contributed by atoms with Gasteiger partial charge in [0.25, 0.3) is 0 Å². The van der Waals surface area contributed by atoms with Crippen LogP contribution < -0.4 is 15.4 Å². The number of nitrogens with zero attached hydrogens (tertiary/aromatic N) is 1. The van der Waals surface area contributed by atoms with Crippen LogP contribution in [0, 0.1) is 5.92 Å². The van der Waals surface area contributed by atoms with Gasteiger partial charge in [-0.05, 0) is 29.8 Å². The first-order valence-electron chi connectivity index (χ1n) is 9.05. The summed E-state index contributed by atoms with van der Waals surface area (Å²) in [7, 11) is 0. The average molecular weight is 432 g/mol. The minimum absolute atomic E-state index is 0. The maximum Gasteiger partial charge on any atom is 0.229 e. The molecule has 0 aliphatic carbocycles. The lowest BCUT2D eigenvalue weighted by Gasteiger charge is -2.19. The number of hydrogen-bond acceptors (Lipinski definition) is 4. The highest BCUT2D eigenvalue weighted by Gasteiger charge is 2.34. The third-order valence-electron chi connectivity index (χ3n) is 4.79. The van der Waals surface area contributed by atoms with Crippen molar-refractivity contribution in [2.75, 3.05) is 18.4 Å². The van der Waals surface area contributed by atoms with Gasteiger partial charge in [0.1, 0.15) is 5.75 Å². The normalized spacial score (nSPS) is 17.5. The molecule has 4 rings (SSSR count). The number of para-hydroxylation sites is 2. The standard InChI is InChI=1S/C22H21N3O2.2ClH/c26-22(19-15-24-14-18(19)16-7-2-1-3-8-16)25-20-10-4-5-11-21(20)27-17-9-6-12-23-13-17;;/h1-13,18-19,24H,14-15H2,(H,25,26);2*1H. The number of halogens is 2. The van der Waals surface area contributed by atoms with Crippen LogP contribution in [-0.2, 0) is 4.79 Å². The average Bonchev–Trinajstić information content (AvgIpc) is 3.21. The fraction of sp³-hybridized carbons (Fsp3) is 0.182. The molecule has 1 saturated heterocycles. The van der Waals surface area contributed by atoms with Gasteiger partial charge in [-0.15, -0.1) is 24.8 Å². The molecule has 1 amide bonds. The smallest absolute Gasteiger partial charge is 0.229 e. The van der Waals surface area contributed by atoms with E-state index in [-0.39, 0.29) is 42.6 Å². The van der Waals surface area contributed by atoms with E-state index in [0.29, 0.717) is 23.7 Å². The summed E-state index contributed by atoms with van der Waals surface area (Å²) in [6, 6.07) is 21.3. The summed E-state index contributed by atoms with van der Waals surface area (Å²) in [6.45, 7) is 1.47. The molecule has 2 heterocycles. The summed E-state index contributed by atoms with van der Waals surface area (Å²) in [4.78, 5) is 17.0. The summed E-state index contributed by atoms with van der Waals surface area (Å²) >= 11 is 0. The molecular weight excluding hydrogens is 409 g/mol. The van der Waals surface area contributed by atoms with Crippen LogP contribution in [0.2, 0.25) is 0 Å². The van der Waals surface area contributed by atoms with Gasteiger partial charge in [0.05, 0.1) is 17.8 Å². The molecule has 0 saturated carbocycles. The molecule has 0 spiro atoms. The molecule has 2 aromatic carbocycles. The Hall–Kier alpha value is -2.60. The molecule has 5 nitrogen and oxygen atoms in total. The molecule has 1 aliphatic heterocycles. The summed E-state index contributed by atoms with van der Waals surface area (Å²) in [5, 5.41) is 6.39. The molecular formula is C22H23Cl2N3O2. The lowest BCUT2D eigenvalue weighted by Crippen LogP contribution is -2.28. The first-order chi connectivity index (χ1) is 13.3. The molecule has 2 unspecified atom stereocenters. The molecule has 7 heteroatoms. The second kappa shape index (κ2) is 10.8. The Morgan fingerprint density at radius 3 is 2.48 bits per heavy atom. The lowest BCUT2D eigenvalue weighted by atomic mass is 9.88. The number of carbonyl (C=O) groups excluding carboxylic acids is 1. The number of amides is 1. The minimum atomic E-state index is -0.126. The van der Waals surface area contributed by atoms with Crippen LogP contribution in [0.3, 0.4) is 0 Å². The van der Waals surface area contributed by atoms with Crippen LogP contribution in [0.15, 0.2) is 79.1 Å². The van der Waals surface area contributed by atoms with Gasteiger partial charge in [-0.1, -0.05) is 42.5 Å². The number of rotatable bonds is 5. The Morgan fingerprint density at radius 2 is 1.72 bits per heavy atom. The van der Waals surface area contributed by atoms with Crippen LogP contribution in [0.4, 0.5) is 5.69 Å². The highest BCUT2D eigenvalue weighted by Crippen LogP contribution is 2.32. The number of pyridine rings is 1. The number of ether oxygens (including phenoxy) is 1. The van der Waals surface area contributed by atoms with Crippen LogP contribution >= 0.6 is 24.8 Å². The van der Waals surface area contributed by atoms with E-state index in [1.165, 1.54) is 5.56 Å². The SMILES string of the molecule is Cl.Cl.O=C(Nc1ccccc1Oc1cccnc1)C1CNCC1c1ccccc1. The maximum atomic E-state index is 13.0. The summed E-state index contributed by atoms with van der Waals surface area (Å²) in [6.07, 6.45) is 3.34. The fourth-order valence-corrected chi connectivity index (χ4v) is 3.42. The zero-order chi connectivity index (χ0) is 18.5. The molecule has 1 aromatic heterocycles. The fourth-order valence-electron chi connectivity index (χ4n) is 3.42. The van der Waals surface area contributed by atoms with Crippen molar-refractivity contribution in [1.82, 2.24) is 10.3 Å². The number of carbonyl (C=O) groups is 1. The van der Waals surface area contributed by atoms with Gasteiger partial charge in [0.15, 0.2) is 5.75 Å². The zero-order valence-corrected chi connectivity index (χ0v) is 17.3.